The first-order valence-electron chi connectivity index (χ1n) is 11.9. The largest absolute Gasteiger partial charge is 0.393 e. The number of unbranched alkanes of at least 4 members (excludes halogenated alkanes) is 6. The second-order valence-electron chi connectivity index (χ2n) is 8.06. The maximum absolute atomic E-state index is 6.84. The number of hydrogen-bond donors (Lipinski definition) is 0. The van der Waals surface area contributed by atoms with Gasteiger partial charge in [0.1, 0.15) is 6.29 Å². The van der Waals surface area contributed by atoms with Crippen molar-refractivity contribution < 1.29 is 8.85 Å². The van der Waals surface area contributed by atoms with E-state index in [-0.39, 0.29) is 6.29 Å². The lowest BCUT2D eigenvalue weighted by molar-refractivity contribution is -0.0210. The molecule has 0 aromatic heterocycles. The van der Waals surface area contributed by atoms with Crippen molar-refractivity contribution in [1.29, 1.82) is 0 Å². The van der Waals surface area contributed by atoms with Crippen LogP contribution >= 0.6 is 0 Å². The molecule has 0 fully saturated rings. The van der Waals surface area contributed by atoms with E-state index in [0.29, 0.717) is 0 Å². The van der Waals surface area contributed by atoms with Crippen molar-refractivity contribution in [2.24, 2.45) is 0 Å². The molecule has 0 unspecified atom stereocenters. The van der Waals surface area contributed by atoms with Crippen molar-refractivity contribution in [1.82, 2.24) is 0 Å². The Morgan fingerprint density at radius 2 is 0.846 bits per heavy atom. The molecule has 0 saturated carbocycles. The van der Waals surface area contributed by atoms with E-state index in [1.807, 2.05) is 0 Å². The molecule has 0 aromatic rings. The van der Waals surface area contributed by atoms with Gasteiger partial charge < -0.3 is 8.85 Å². The molecule has 0 aliphatic carbocycles. The fraction of sp³-hybridized carbons (Fsp3) is 1.00. The van der Waals surface area contributed by atoms with Gasteiger partial charge in [0.15, 0.2) is 16.6 Å². The monoisotopic (exact) mass is 402 g/mol. The van der Waals surface area contributed by atoms with Crippen molar-refractivity contribution in [2.45, 2.75) is 142 Å². The second-order valence-corrected chi connectivity index (χ2v) is 17.5. The molecule has 0 aliphatic rings. The van der Waals surface area contributed by atoms with Crippen LogP contribution in [0.5, 0.6) is 0 Å². The molecule has 26 heavy (non-hydrogen) atoms. The topological polar surface area (TPSA) is 18.5 Å². The van der Waals surface area contributed by atoms with E-state index in [4.69, 9.17) is 8.85 Å². The first kappa shape index (κ1) is 26.4. The lowest BCUT2D eigenvalue weighted by Gasteiger charge is -2.39. The molecule has 158 valence electrons. The first-order valence-corrected chi connectivity index (χ1v) is 16.9. The van der Waals surface area contributed by atoms with Gasteiger partial charge in [0.25, 0.3) is 0 Å². The van der Waals surface area contributed by atoms with Crippen molar-refractivity contribution in [3.8, 4) is 0 Å². The maximum atomic E-state index is 6.84. The van der Waals surface area contributed by atoms with Gasteiger partial charge in [0, 0.05) is 0 Å². The molecule has 0 amide bonds. The van der Waals surface area contributed by atoms with E-state index in [9.17, 15) is 0 Å². The molecule has 0 rings (SSSR count). The van der Waals surface area contributed by atoms with E-state index in [0.717, 1.165) is 6.42 Å². The van der Waals surface area contributed by atoms with Gasteiger partial charge in [-0.3, -0.25) is 0 Å². The minimum Gasteiger partial charge on any atom is -0.393 e. The predicted octanol–water partition coefficient (Wildman–Crippen LogP) is 8.50. The van der Waals surface area contributed by atoms with Crippen LogP contribution in [0.2, 0.25) is 36.3 Å². The van der Waals surface area contributed by atoms with Crippen LogP contribution in [-0.4, -0.2) is 22.9 Å². The maximum Gasteiger partial charge on any atom is 0.195 e. The Morgan fingerprint density at radius 3 is 1.19 bits per heavy atom. The van der Waals surface area contributed by atoms with Crippen molar-refractivity contribution in [2.75, 3.05) is 0 Å². The Labute approximate surface area is 168 Å². The molecule has 0 spiro atoms. The highest BCUT2D eigenvalue weighted by atomic mass is 28.4. The molecule has 4 heteroatoms. The Kier molecular flexibility index (Phi) is 15.5. The van der Waals surface area contributed by atoms with Gasteiger partial charge in [-0.2, -0.15) is 0 Å². The van der Waals surface area contributed by atoms with E-state index in [1.165, 1.54) is 81.2 Å². The normalized spacial score (nSPS) is 12.9. The molecule has 0 aromatic carbocycles. The van der Waals surface area contributed by atoms with Crippen molar-refractivity contribution in [3.05, 3.63) is 0 Å². The smallest absolute Gasteiger partial charge is 0.195 e. The minimum atomic E-state index is -1.61. The first-order chi connectivity index (χ1) is 12.5. The SMILES string of the molecule is CCCCCCCCCC(O[Si](CC)(CC)CC)O[Si](CC)(CC)CC. The molecule has 0 bridgehead atoms. The summed E-state index contributed by atoms with van der Waals surface area (Å²) >= 11 is 0. The molecule has 2 nitrogen and oxygen atoms in total. The van der Waals surface area contributed by atoms with Crippen LogP contribution in [0.4, 0.5) is 0 Å². The third kappa shape index (κ3) is 9.52. The van der Waals surface area contributed by atoms with Crippen molar-refractivity contribution >= 4 is 16.6 Å². The van der Waals surface area contributed by atoms with Crippen LogP contribution in [0, 0.1) is 0 Å². The highest BCUT2D eigenvalue weighted by molar-refractivity contribution is 6.74. The van der Waals surface area contributed by atoms with E-state index >= 15 is 0 Å². The average molecular weight is 403 g/mol. The summed E-state index contributed by atoms with van der Waals surface area (Å²) in [6.07, 6.45) is 10.7. The Bertz CT molecular complexity index is 277. The zero-order chi connectivity index (χ0) is 19.9. The molecule has 0 N–H and O–H groups in total. The standard InChI is InChI=1S/C22H50O2Si2/c1-8-15-16-17-18-19-20-21-22(23-25(9-2,10-3)11-4)24-26(12-5,13-6)14-7/h22H,8-21H2,1-7H3. The zero-order valence-corrected chi connectivity index (χ0v) is 21.3. The molecular formula is C22H50O2Si2. The van der Waals surface area contributed by atoms with Crippen LogP contribution in [-0.2, 0) is 8.85 Å². The van der Waals surface area contributed by atoms with Gasteiger partial charge in [-0.15, -0.1) is 0 Å². The van der Waals surface area contributed by atoms with E-state index in [1.54, 1.807) is 0 Å². The lowest BCUT2D eigenvalue weighted by Crippen LogP contribution is -2.46. The van der Waals surface area contributed by atoms with Crippen LogP contribution in [0.3, 0.4) is 0 Å². The van der Waals surface area contributed by atoms with E-state index in [2.05, 4.69) is 48.5 Å². The van der Waals surface area contributed by atoms with Crippen LogP contribution in [0.1, 0.15) is 99.8 Å². The second kappa shape index (κ2) is 15.3. The Balaban J connectivity index is 4.78. The quantitative estimate of drug-likeness (QED) is 0.130. The van der Waals surface area contributed by atoms with Crippen LogP contribution in [0.25, 0.3) is 0 Å². The van der Waals surface area contributed by atoms with E-state index < -0.39 is 16.6 Å². The van der Waals surface area contributed by atoms with Gasteiger partial charge in [-0.25, -0.2) is 0 Å². The van der Waals surface area contributed by atoms with Crippen molar-refractivity contribution in [3.63, 3.8) is 0 Å². The summed E-state index contributed by atoms with van der Waals surface area (Å²) in [4.78, 5) is 0. The summed E-state index contributed by atoms with van der Waals surface area (Å²) in [5.41, 5.74) is 0. The third-order valence-electron chi connectivity index (χ3n) is 6.67. The highest BCUT2D eigenvalue weighted by Crippen LogP contribution is 2.30. The summed E-state index contributed by atoms with van der Waals surface area (Å²) in [5, 5.41) is 0. The third-order valence-corrected chi connectivity index (χ3v) is 15.9. The molecule has 0 heterocycles. The van der Waals surface area contributed by atoms with Gasteiger partial charge >= 0.3 is 0 Å². The Hall–Kier alpha value is 0.354. The lowest BCUT2D eigenvalue weighted by atomic mass is 10.1. The van der Waals surface area contributed by atoms with Crippen LogP contribution in [0.15, 0.2) is 0 Å². The summed E-state index contributed by atoms with van der Waals surface area (Å²) in [6.45, 7) is 16.3. The average Bonchev–Trinajstić information content (AvgIpc) is 2.69. The molecule has 0 saturated heterocycles. The minimum absolute atomic E-state index is 0.0728. The Morgan fingerprint density at radius 1 is 0.500 bits per heavy atom. The van der Waals surface area contributed by atoms with Gasteiger partial charge in [-0.1, -0.05) is 87.0 Å². The summed E-state index contributed by atoms with van der Waals surface area (Å²) in [6, 6.07) is 7.31. The summed E-state index contributed by atoms with van der Waals surface area (Å²) in [5.74, 6) is 0. The predicted molar refractivity (Wildman–Crippen MR) is 123 cm³/mol. The number of hydrogen-bond acceptors (Lipinski definition) is 2. The molecule has 0 atom stereocenters. The molecular weight excluding hydrogens is 352 g/mol. The van der Waals surface area contributed by atoms with Gasteiger partial charge in [0.05, 0.1) is 0 Å². The molecule has 0 radical (unpaired) electrons. The highest BCUT2D eigenvalue weighted by Gasteiger charge is 2.37. The van der Waals surface area contributed by atoms with Gasteiger partial charge in [-0.05, 0) is 49.1 Å². The summed E-state index contributed by atoms with van der Waals surface area (Å²) < 4.78 is 13.7. The fourth-order valence-electron chi connectivity index (χ4n) is 3.97. The summed E-state index contributed by atoms with van der Waals surface area (Å²) in [7, 11) is -3.21. The number of rotatable bonds is 18. The zero-order valence-electron chi connectivity index (χ0n) is 19.3. The molecule has 0 aliphatic heterocycles. The fourth-order valence-corrected chi connectivity index (χ4v) is 9.51. The van der Waals surface area contributed by atoms with Gasteiger partial charge in [0.2, 0.25) is 0 Å². The van der Waals surface area contributed by atoms with Crippen LogP contribution < -0.4 is 0 Å².